The van der Waals surface area contributed by atoms with Gasteiger partial charge in [0.1, 0.15) is 0 Å². The number of piperidine rings is 1. The lowest BCUT2D eigenvalue weighted by atomic mass is 9.97. The highest BCUT2D eigenvalue weighted by molar-refractivity contribution is 5.91. The van der Waals surface area contributed by atoms with E-state index >= 15 is 0 Å². The molecular weight excluding hydrogens is 316 g/mol. The van der Waals surface area contributed by atoms with Gasteiger partial charge in [-0.05, 0) is 69.5 Å². The maximum absolute atomic E-state index is 12.4. The maximum atomic E-state index is 12.4. The summed E-state index contributed by atoms with van der Waals surface area (Å²) in [7, 11) is 0. The Balaban J connectivity index is 1.58. The van der Waals surface area contributed by atoms with Crippen LogP contribution in [-0.4, -0.2) is 40.0 Å². The molecule has 0 radical (unpaired) electrons. The van der Waals surface area contributed by atoms with E-state index in [0.717, 1.165) is 24.9 Å². The molecule has 132 valence electrons. The number of rotatable bonds is 4. The van der Waals surface area contributed by atoms with Crippen molar-refractivity contribution >= 4 is 11.9 Å². The molecule has 0 spiro atoms. The Kier molecular flexibility index (Phi) is 5.22. The van der Waals surface area contributed by atoms with Gasteiger partial charge in [-0.1, -0.05) is 0 Å². The Labute approximate surface area is 148 Å². The van der Waals surface area contributed by atoms with Gasteiger partial charge in [-0.3, -0.25) is 4.79 Å². The number of esters is 1. The predicted octanol–water partition coefficient (Wildman–Crippen LogP) is 3.42. The van der Waals surface area contributed by atoms with Crippen LogP contribution in [0.25, 0.3) is 5.69 Å². The number of hydrogen-bond donors (Lipinski definition) is 0. The molecule has 5 nitrogen and oxygen atoms in total. The third-order valence-corrected chi connectivity index (χ3v) is 4.81. The third kappa shape index (κ3) is 3.92. The standard InChI is InChI=1S/C20H24N2O3/c1-15-6-5-7-16(2)22(15)19(23)14-25-20(24)17-8-10-18(11-9-17)21-12-3-4-13-21/h3-4,8-13,15-16H,5-7,14H2,1-2H3/t15-,16+. The summed E-state index contributed by atoms with van der Waals surface area (Å²) in [5.41, 5.74) is 1.41. The maximum Gasteiger partial charge on any atom is 0.338 e. The average Bonchev–Trinajstić information content (AvgIpc) is 3.14. The molecule has 1 aliphatic rings. The van der Waals surface area contributed by atoms with E-state index in [0.29, 0.717) is 5.56 Å². The molecule has 0 saturated carbocycles. The van der Waals surface area contributed by atoms with Gasteiger partial charge in [-0.25, -0.2) is 4.79 Å². The van der Waals surface area contributed by atoms with Crippen molar-refractivity contribution in [3.63, 3.8) is 0 Å². The van der Waals surface area contributed by atoms with Gasteiger partial charge in [0.25, 0.3) is 5.91 Å². The Morgan fingerprint density at radius 1 is 1.04 bits per heavy atom. The number of aromatic nitrogens is 1. The highest BCUT2D eigenvalue weighted by atomic mass is 16.5. The molecule has 25 heavy (non-hydrogen) atoms. The minimum Gasteiger partial charge on any atom is -0.452 e. The second-order valence-electron chi connectivity index (χ2n) is 6.64. The van der Waals surface area contributed by atoms with Crippen molar-refractivity contribution in [2.75, 3.05) is 6.61 Å². The van der Waals surface area contributed by atoms with Crippen LogP contribution in [0.3, 0.4) is 0 Å². The zero-order chi connectivity index (χ0) is 17.8. The summed E-state index contributed by atoms with van der Waals surface area (Å²) in [4.78, 5) is 26.5. The molecular formula is C20H24N2O3. The van der Waals surface area contributed by atoms with Crippen LogP contribution in [0, 0.1) is 0 Å². The van der Waals surface area contributed by atoms with Crippen molar-refractivity contribution in [2.45, 2.75) is 45.2 Å². The van der Waals surface area contributed by atoms with Gasteiger partial charge in [0.2, 0.25) is 0 Å². The van der Waals surface area contributed by atoms with Gasteiger partial charge in [0.15, 0.2) is 6.61 Å². The Morgan fingerprint density at radius 3 is 2.24 bits per heavy atom. The van der Waals surface area contributed by atoms with Crippen LogP contribution in [0.15, 0.2) is 48.8 Å². The van der Waals surface area contributed by atoms with Crippen LogP contribution in [-0.2, 0) is 9.53 Å². The Hall–Kier alpha value is -2.56. The van der Waals surface area contributed by atoms with E-state index in [4.69, 9.17) is 4.74 Å². The summed E-state index contributed by atoms with van der Waals surface area (Å²) in [5, 5.41) is 0. The summed E-state index contributed by atoms with van der Waals surface area (Å²) >= 11 is 0. The third-order valence-electron chi connectivity index (χ3n) is 4.81. The number of carbonyl (C=O) groups excluding carboxylic acids is 2. The number of amides is 1. The molecule has 1 saturated heterocycles. The minimum atomic E-state index is -0.468. The summed E-state index contributed by atoms with van der Waals surface area (Å²) < 4.78 is 7.19. The molecule has 0 aliphatic carbocycles. The van der Waals surface area contributed by atoms with Crippen LogP contribution in [0.2, 0.25) is 0 Å². The average molecular weight is 340 g/mol. The van der Waals surface area contributed by atoms with Crippen molar-refractivity contribution in [2.24, 2.45) is 0 Å². The summed E-state index contributed by atoms with van der Waals surface area (Å²) in [6, 6.07) is 11.4. The Morgan fingerprint density at radius 2 is 1.64 bits per heavy atom. The quantitative estimate of drug-likeness (QED) is 0.801. The molecule has 2 aromatic rings. The highest BCUT2D eigenvalue weighted by Gasteiger charge is 2.29. The molecule has 3 rings (SSSR count). The molecule has 0 bridgehead atoms. The van der Waals surface area contributed by atoms with Crippen molar-refractivity contribution in [3.8, 4) is 5.69 Å². The van der Waals surface area contributed by atoms with Crippen molar-refractivity contribution in [3.05, 3.63) is 54.4 Å². The van der Waals surface area contributed by atoms with Gasteiger partial charge in [0.05, 0.1) is 5.56 Å². The molecule has 1 aromatic heterocycles. The second kappa shape index (κ2) is 7.55. The van der Waals surface area contributed by atoms with Crippen LogP contribution >= 0.6 is 0 Å². The first-order chi connectivity index (χ1) is 12.1. The van der Waals surface area contributed by atoms with Crippen LogP contribution in [0.1, 0.15) is 43.5 Å². The van der Waals surface area contributed by atoms with Gasteiger partial charge in [-0.15, -0.1) is 0 Å². The molecule has 1 fully saturated rings. The molecule has 1 aromatic carbocycles. The van der Waals surface area contributed by atoms with Crippen molar-refractivity contribution in [1.29, 1.82) is 0 Å². The zero-order valence-electron chi connectivity index (χ0n) is 14.7. The molecule has 1 aliphatic heterocycles. The minimum absolute atomic E-state index is 0.114. The van der Waals surface area contributed by atoms with E-state index in [9.17, 15) is 9.59 Å². The summed E-state index contributed by atoms with van der Waals surface area (Å²) in [6.07, 6.45) is 7.02. The van der Waals surface area contributed by atoms with Gasteiger partial charge in [0, 0.05) is 30.2 Å². The summed E-state index contributed by atoms with van der Waals surface area (Å²) in [5.74, 6) is -0.582. The fourth-order valence-corrected chi connectivity index (χ4v) is 3.47. The normalized spacial score (nSPS) is 20.3. The van der Waals surface area contributed by atoms with E-state index in [2.05, 4.69) is 13.8 Å². The second-order valence-corrected chi connectivity index (χ2v) is 6.64. The van der Waals surface area contributed by atoms with Crippen molar-refractivity contribution in [1.82, 2.24) is 9.47 Å². The molecule has 2 heterocycles. The van der Waals surface area contributed by atoms with Gasteiger partial charge >= 0.3 is 5.97 Å². The number of ether oxygens (including phenoxy) is 1. The Bertz CT molecular complexity index is 712. The lowest BCUT2D eigenvalue weighted by molar-refractivity contribution is -0.140. The highest BCUT2D eigenvalue weighted by Crippen LogP contribution is 2.22. The molecule has 0 unspecified atom stereocenters. The van der Waals surface area contributed by atoms with Crippen molar-refractivity contribution < 1.29 is 14.3 Å². The largest absolute Gasteiger partial charge is 0.452 e. The fraction of sp³-hybridized carbons (Fsp3) is 0.400. The number of hydrogen-bond acceptors (Lipinski definition) is 3. The van der Waals surface area contributed by atoms with Gasteiger partial charge < -0.3 is 14.2 Å². The molecule has 2 atom stereocenters. The summed E-state index contributed by atoms with van der Waals surface area (Å²) in [6.45, 7) is 3.90. The molecule has 5 heteroatoms. The topological polar surface area (TPSA) is 51.5 Å². The predicted molar refractivity (Wildman–Crippen MR) is 95.7 cm³/mol. The molecule has 1 amide bonds. The van der Waals surface area contributed by atoms with E-state index in [1.54, 1.807) is 12.1 Å². The van der Waals surface area contributed by atoms with Gasteiger partial charge in [-0.2, -0.15) is 0 Å². The number of benzene rings is 1. The first kappa shape index (κ1) is 17.3. The van der Waals surface area contributed by atoms with E-state index in [1.807, 2.05) is 46.1 Å². The fourth-order valence-electron chi connectivity index (χ4n) is 3.47. The smallest absolute Gasteiger partial charge is 0.338 e. The van der Waals surface area contributed by atoms with Crippen LogP contribution in [0.5, 0.6) is 0 Å². The SMILES string of the molecule is C[C@@H]1CCC[C@H](C)N1C(=O)COC(=O)c1ccc(-n2cccc2)cc1. The lowest BCUT2D eigenvalue weighted by Crippen LogP contribution is -2.49. The number of nitrogens with zero attached hydrogens (tertiary/aromatic N) is 2. The van der Waals surface area contributed by atoms with Crippen LogP contribution in [0.4, 0.5) is 0 Å². The zero-order valence-corrected chi connectivity index (χ0v) is 14.7. The van der Waals surface area contributed by atoms with Crippen LogP contribution < -0.4 is 0 Å². The number of likely N-dealkylation sites (tertiary alicyclic amines) is 1. The lowest BCUT2D eigenvalue weighted by Gasteiger charge is -2.38. The first-order valence-corrected chi connectivity index (χ1v) is 8.78. The molecule has 0 N–H and O–H groups in total. The van der Waals surface area contributed by atoms with E-state index in [1.165, 1.54) is 0 Å². The van der Waals surface area contributed by atoms with E-state index < -0.39 is 5.97 Å². The number of carbonyl (C=O) groups is 2. The monoisotopic (exact) mass is 340 g/mol. The first-order valence-electron chi connectivity index (χ1n) is 8.78. The van der Waals surface area contributed by atoms with E-state index in [-0.39, 0.29) is 24.6 Å².